The fraction of sp³-hybridized carbons (Fsp3) is 0.344. The molecule has 3 aliphatic rings. The average Bonchev–Trinajstić information content (AvgIpc) is 3.77. The number of β-amino-alcohol motifs (C(OH)–C–C–N with tert-alkyl or cyclic N) is 1. The Morgan fingerprint density at radius 2 is 1.70 bits per heavy atom. The van der Waals surface area contributed by atoms with Crippen molar-refractivity contribution in [2.24, 2.45) is 0 Å². The number of nitrogens with zero attached hydrogens (tertiary/aromatic N) is 2. The third-order valence-corrected chi connectivity index (χ3v) is 8.54. The third kappa shape index (κ3) is 4.50. The highest BCUT2D eigenvalue weighted by atomic mass is 19.2. The monoisotopic (exact) mass is 543 g/mol. The number of aromatic amines is 1. The van der Waals surface area contributed by atoms with E-state index in [1.807, 2.05) is 36.4 Å². The lowest BCUT2D eigenvalue weighted by Crippen LogP contribution is -2.50. The number of alkyl halides is 2. The van der Waals surface area contributed by atoms with E-state index >= 15 is 8.78 Å². The second kappa shape index (κ2) is 10.1. The molecule has 0 radical (unpaired) electrons. The van der Waals surface area contributed by atoms with Crippen molar-refractivity contribution in [3.63, 3.8) is 0 Å². The molecule has 2 N–H and O–H groups in total. The number of halogens is 2. The maximum absolute atomic E-state index is 15.6. The maximum atomic E-state index is 15.6. The number of pyridine rings is 1. The summed E-state index contributed by atoms with van der Waals surface area (Å²) in [6.07, 6.45) is -3.28. The molecule has 7 rings (SSSR count). The Kier molecular flexibility index (Phi) is 6.41. The van der Waals surface area contributed by atoms with Crippen LogP contribution in [0.2, 0.25) is 0 Å². The number of nitrogens with one attached hydrogen (secondary N) is 1. The van der Waals surface area contributed by atoms with Crippen LogP contribution in [0, 0.1) is 0 Å². The van der Waals surface area contributed by atoms with E-state index in [1.54, 1.807) is 18.2 Å². The van der Waals surface area contributed by atoms with E-state index in [0.717, 1.165) is 47.2 Å². The minimum atomic E-state index is -1.68. The van der Waals surface area contributed by atoms with Crippen LogP contribution in [-0.4, -0.2) is 65.3 Å². The Bertz CT molecular complexity index is 1630. The lowest BCUT2D eigenvalue weighted by Gasteiger charge is -2.40. The standard InChI is InChI=1S/C32H31F2N3O3/c33-30-21-4-1-2-5-22(21)32(24-9-8-19-16-25(19)29(24)31(30)34)37-14-12-36(13-15-37)17-20(38)18-40-27-7-3-6-26-23(27)10-11-28(39)35-26/h1-11,20,30-32,38H,12-18H2,(H,35,39)/t20-,30?,31?,32?/m1/s1. The molecule has 4 aromatic rings. The predicted molar refractivity (Wildman–Crippen MR) is 149 cm³/mol. The third-order valence-electron chi connectivity index (χ3n) is 8.54. The normalized spacial score (nSPS) is 23.1. The Hall–Kier alpha value is -3.59. The molecule has 4 atom stereocenters. The SMILES string of the molecule is O=c1ccc2c(OC[C@H](O)CN3CCN(C4c5ccccc5C(F)C(F)c5c4ccc4c5C4)CC3)cccc2[nH]1. The van der Waals surface area contributed by atoms with Gasteiger partial charge in [-0.25, -0.2) is 8.78 Å². The Morgan fingerprint density at radius 3 is 2.52 bits per heavy atom. The molecule has 0 spiro atoms. The minimum absolute atomic E-state index is 0.128. The lowest BCUT2D eigenvalue weighted by atomic mass is 9.92. The van der Waals surface area contributed by atoms with Gasteiger partial charge in [0.15, 0.2) is 12.3 Å². The molecule has 2 heterocycles. The molecule has 3 unspecified atom stereocenters. The summed E-state index contributed by atoms with van der Waals surface area (Å²) in [5.74, 6) is 0.612. The summed E-state index contributed by atoms with van der Waals surface area (Å²) >= 11 is 0. The van der Waals surface area contributed by atoms with Gasteiger partial charge in [-0.2, -0.15) is 0 Å². The lowest BCUT2D eigenvalue weighted by molar-refractivity contribution is 0.0403. The van der Waals surface area contributed by atoms with Crippen molar-refractivity contribution >= 4 is 10.9 Å². The Balaban J connectivity index is 1.04. The van der Waals surface area contributed by atoms with Gasteiger partial charge in [-0.1, -0.05) is 42.5 Å². The number of aliphatic hydroxyl groups is 1. The van der Waals surface area contributed by atoms with Crippen molar-refractivity contribution in [2.75, 3.05) is 39.3 Å². The predicted octanol–water partition coefficient (Wildman–Crippen LogP) is 4.61. The first-order valence-corrected chi connectivity index (χ1v) is 13.9. The number of H-pyrrole nitrogens is 1. The molecule has 0 bridgehead atoms. The summed E-state index contributed by atoms with van der Waals surface area (Å²) < 4.78 is 37.0. The van der Waals surface area contributed by atoms with Crippen LogP contribution in [0.15, 0.2) is 71.5 Å². The molecule has 1 aromatic heterocycles. The van der Waals surface area contributed by atoms with Crippen molar-refractivity contribution in [3.8, 4) is 5.75 Å². The number of fused-ring (bicyclic) bond motifs is 5. The van der Waals surface area contributed by atoms with E-state index in [4.69, 9.17) is 4.74 Å². The van der Waals surface area contributed by atoms with Gasteiger partial charge in [-0.05, 0) is 58.0 Å². The largest absolute Gasteiger partial charge is 0.490 e. The van der Waals surface area contributed by atoms with Crippen LogP contribution in [0.3, 0.4) is 0 Å². The first-order valence-electron chi connectivity index (χ1n) is 13.9. The number of ether oxygens (including phenoxy) is 1. The van der Waals surface area contributed by atoms with Crippen molar-refractivity contribution in [2.45, 2.75) is 30.9 Å². The second-order valence-corrected chi connectivity index (χ2v) is 11.1. The van der Waals surface area contributed by atoms with E-state index in [0.29, 0.717) is 42.0 Å². The van der Waals surface area contributed by atoms with E-state index in [2.05, 4.69) is 20.9 Å². The molecule has 0 saturated carbocycles. The molecule has 2 aliphatic carbocycles. The van der Waals surface area contributed by atoms with Crippen molar-refractivity contribution in [1.29, 1.82) is 0 Å². The fourth-order valence-corrected chi connectivity index (χ4v) is 6.49. The number of aliphatic hydroxyl groups excluding tert-OH is 1. The second-order valence-electron chi connectivity index (χ2n) is 11.1. The topological polar surface area (TPSA) is 68.8 Å². The molecular weight excluding hydrogens is 512 g/mol. The van der Waals surface area contributed by atoms with Crippen molar-refractivity contribution in [1.82, 2.24) is 14.8 Å². The maximum Gasteiger partial charge on any atom is 0.248 e. The first kappa shape index (κ1) is 25.4. The van der Waals surface area contributed by atoms with Crippen LogP contribution < -0.4 is 10.3 Å². The number of hydrogen-bond acceptors (Lipinski definition) is 5. The quantitative estimate of drug-likeness (QED) is 0.327. The van der Waals surface area contributed by atoms with Gasteiger partial charge in [0.05, 0.1) is 11.6 Å². The Labute approximate surface area is 230 Å². The molecule has 40 heavy (non-hydrogen) atoms. The molecule has 0 amide bonds. The van der Waals surface area contributed by atoms with Crippen LogP contribution in [-0.2, 0) is 6.42 Å². The summed E-state index contributed by atoms with van der Waals surface area (Å²) in [5, 5.41) is 11.6. The van der Waals surface area contributed by atoms with Crippen LogP contribution >= 0.6 is 0 Å². The van der Waals surface area contributed by atoms with Gasteiger partial charge in [0.1, 0.15) is 18.5 Å². The first-order chi connectivity index (χ1) is 19.5. The van der Waals surface area contributed by atoms with E-state index in [1.165, 1.54) is 6.07 Å². The molecule has 206 valence electrons. The molecule has 3 aromatic carbocycles. The number of piperazine rings is 1. The number of rotatable bonds is 6. The van der Waals surface area contributed by atoms with Crippen LogP contribution in [0.25, 0.3) is 10.9 Å². The summed E-state index contributed by atoms with van der Waals surface area (Å²) in [4.78, 5) is 18.9. The van der Waals surface area contributed by atoms with Gasteiger partial charge in [0, 0.05) is 44.2 Å². The zero-order valence-corrected chi connectivity index (χ0v) is 22.0. The molecule has 1 aliphatic heterocycles. The van der Waals surface area contributed by atoms with Gasteiger partial charge in [-0.3, -0.25) is 14.6 Å². The summed E-state index contributed by atoms with van der Waals surface area (Å²) in [5.41, 5.74) is 5.34. The van der Waals surface area contributed by atoms with E-state index in [9.17, 15) is 9.90 Å². The molecular formula is C32H31F2N3O3. The average molecular weight is 544 g/mol. The zero-order valence-electron chi connectivity index (χ0n) is 22.0. The number of benzene rings is 3. The molecule has 6 nitrogen and oxygen atoms in total. The van der Waals surface area contributed by atoms with Crippen LogP contribution in [0.1, 0.15) is 51.8 Å². The highest BCUT2D eigenvalue weighted by Crippen LogP contribution is 2.52. The number of hydrogen-bond donors (Lipinski definition) is 2. The summed E-state index contributed by atoms with van der Waals surface area (Å²) in [6, 6.07) is 19.9. The van der Waals surface area contributed by atoms with E-state index in [-0.39, 0.29) is 18.2 Å². The van der Waals surface area contributed by atoms with Gasteiger partial charge >= 0.3 is 0 Å². The fourth-order valence-electron chi connectivity index (χ4n) is 6.49. The van der Waals surface area contributed by atoms with Crippen LogP contribution in [0.5, 0.6) is 5.75 Å². The summed E-state index contributed by atoms with van der Waals surface area (Å²) in [7, 11) is 0. The number of aromatic nitrogens is 1. The van der Waals surface area contributed by atoms with Crippen molar-refractivity contribution in [3.05, 3.63) is 110 Å². The summed E-state index contributed by atoms with van der Waals surface area (Å²) in [6.45, 7) is 3.47. The van der Waals surface area contributed by atoms with Crippen molar-refractivity contribution < 1.29 is 18.6 Å². The molecule has 1 saturated heterocycles. The van der Waals surface area contributed by atoms with Crippen LogP contribution in [0.4, 0.5) is 8.78 Å². The van der Waals surface area contributed by atoms with Gasteiger partial charge in [-0.15, -0.1) is 0 Å². The van der Waals surface area contributed by atoms with Gasteiger partial charge in [0.2, 0.25) is 5.56 Å². The van der Waals surface area contributed by atoms with Gasteiger partial charge in [0.25, 0.3) is 0 Å². The highest BCUT2D eigenvalue weighted by Gasteiger charge is 2.42. The smallest absolute Gasteiger partial charge is 0.248 e. The minimum Gasteiger partial charge on any atom is -0.490 e. The van der Waals surface area contributed by atoms with E-state index < -0.39 is 18.4 Å². The van der Waals surface area contributed by atoms with Gasteiger partial charge < -0.3 is 14.8 Å². The zero-order chi connectivity index (χ0) is 27.4. The molecule has 8 heteroatoms. The molecule has 1 fully saturated rings. The highest BCUT2D eigenvalue weighted by molar-refractivity contribution is 5.84. The Morgan fingerprint density at radius 1 is 0.900 bits per heavy atom.